The van der Waals surface area contributed by atoms with E-state index in [4.69, 9.17) is 4.42 Å². The molecular weight excluding hydrogens is 399 g/mol. The number of halogens is 1. The lowest BCUT2D eigenvalue weighted by Gasteiger charge is -2.43. The molecule has 2 bridgehead atoms. The van der Waals surface area contributed by atoms with Crippen molar-refractivity contribution in [1.29, 1.82) is 0 Å². The molecule has 162 valence electrons. The van der Waals surface area contributed by atoms with Gasteiger partial charge in [0.05, 0.1) is 17.1 Å². The molecule has 2 aromatic heterocycles. The number of benzene rings is 1. The van der Waals surface area contributed by atoms with Gasteiger partial charge in [-0.05, 0) is 57.5 Å². The van der Waals surface area contributed by atoms with Crippen molar-refractivity contribution in [3.63, 3.8) is 0 Å². The van der Waals surface area contributed by atoms with Crippen molar-refractivity contribution >= 4 is 16.8 Å². The third kappa shape index (κ3) is 3.26. The summed E-state index contributed by atoms with van der Waals surface area (Å²) in [4.78, 5) is 16.2. The smallest absolute Gasteiger partial charge is 0.193 e. The zero-order chi connectivity index (χ0) is 21.9. The molecular formula is C23H25FN4O3. The van der Waals surface area contributed by atoms with E-state index >= 15 is 4.39 Å². The topological polar surface area (TPSA) is 82.7 Å². The first kappa shape index (κ1) is 19.9. The largest absolute Gasteiger partial charge is 0.507 e. The number of hydrogen-bond acceptors (Lipinski definition) is 7. The Morgan fingerprint density at radius 3 is 2.77 bits per heavy atom. The van der Waals surface area contributed by atoms with Gasteiger partial charge in [0.15, 0.2) is 11.2 Å². The standard InChI is InChI=1S/C23H25FN4O3/c1-12-8-19(29)15-10-20(30)14(11-21(15)31-12)16-5-7-22(26-25-16)28(3)18-9-13-4-6-17(23(18)24)27(13)2/h5,7-8,10-11,13,17-18,23,30H,4,6,9H2,1-3H3/t13?,17?,18-,23+/m0/s1. The molecule has 0 aliphatic carbocycles. The van der Waals surface area contributed by atoms with Gasteiger partial charge in [0.25, 0.3) is 0 Å². The Hall–Kier alpha value is -3.00. The van der Waals surface area contributed by atoms with Gasteiger partial charge in [0.2, 0.25) is 0 Å². The molecule has 4 heterocycles. The first-order valence-electron chi connectivity index (χ1n) is 10.5. The van der Waals surface area contributed by atoms with Gasteiger partial charge in [-0.25, -0.2) is 4.39 Å². The summed E-state index contributed by atoms with van der Waals surface area (Å²) in [5.41, 5.74) is 1.03. The lowest BCUT2D eigenvalue weighted by atomic mass is 9.95. The normalized spacial score (nSPS) is 25.8. The van der Waals surface area contributed by atoms with Crippen molar-refractivity contribution in [1.82, 2.24) is 15.1 Å². The number of phenols is 1. The van der Waals surface area contributed by atoms with Gasteiger partial charge in [0.1, 0.15) is 23.3 Å². The monoisotopic (exact) mass is 424 g/mol. The van der Waals surface area contributed by atoms with Crippen LogP contribution >= 0.6 is 0 Å². The van der Waals surface area contributed by atoms with E-state index in [9.17, 15) is 9.90 Å². The van der Waals surface area contributed by atoms with E-state index in [0.717, 1.165) is 19.3 Å². The fourth-order valence-electron chi connectivity index (χ4n) is 5.09. The number of aromatic nitrogens is 2. The maximum Gasteiger partial charge on any atom is 0.193 e. The second-order valence-corrected chi connectivity index (χ2v) is 8.69. The van der Waals surface area contributed by atoms with Gasteiger partial charge in [-0.15, -0.1) is 10.2 Å². The molecule has 2 unspecified atom stereocenters. The number of piperidine rings is 1. The highest BCUT2D eigenvalue weighted by Gasteiger charge is 2.47. The van der Waals surface area contributed by atoms with Crippen LogP contribution in [0.5, 0.6) is 5.75 Å². The Labute approximate surface area is 179 Å². The predicted molar refractivity (Wildman–Crippen MR) is 116 cm³/mol. The first-order chi connectivity index (χ1) is 14.8. The number of phenolic OH excluding ortho intramolecular Hbond substituents is 1. The van der Waals surface area contributed by atoms with E-state index in [1.165, 1.54) is 12.1 Å². The third-order valence-corrected chi connectivity index (χ3v) is 6.90. The molecule has 0 spiro atoms. The molecule has 4 atom stereocenters. The zero-order valence-electron chi connectivity index (χ0n) is 17.7. The maximum atomic E-state index is 15.1. The van der Waals surface area contributed by atoms with E-state index in [-0.39, 0.29) is 23.3 Å². The van der Waals surface area contributed by atoms with Crippen molar-refractivity contribution in [2.45, 2.75) is 50.5 Å². The Morgan fingerprint density at radius 2 is 2.03 bits per heavy atom. The van der Waals surface area contributed by atoms with Crippen LogP contribution in [0.2, 0.25) is 0 Å². The summed E-state index contributed by atoms with van der Waals surface area (Å²) in [6.45, 7) is 1.70. The van der Waals surface area contributed by atoms with Gasteiger partial charge in [-0.3, -0.25) is 9.69 Å². The highest BCUT2D eigenvalue weighted by Crippen LogP contribution is 2.39. The Morgan fingerprint density at radius 1 is 1.23 bits per heavy atom. The van der Waals surface area contributed by atoms with E-state index in [1.54, 1.807) is 25.1 Å². The van der Waals surface area contributed by atoms with Crippen molar-refractivity contribution in [2.75, 3.05) is 19.0 Å². The summed E-state index contributed by atoms with van der Waals surface area (Å²) in [6, 6.07) is 8.03. The van der Waals surface area contributed by atoms with Crippen LogP contribution in [0.4, 0.5) is 10.2 Å². The molecule has 1 aromatic carbocycles. The number of anilines is 1. The molecule has 2 saturated heterocycles. The molecule has 3 aromatic rings. The maximum absolute atomic E-state index is 15.1. The van der Waals surface area contributed by atoms with Crippen molar-refractivity contribution < 1.29 is 13.9 Å². The van der Waals surface area contributed by atoms with Crippen LogP contribution in [0, 0.1) is 6.92 Å². The van der Waals surface area contributed by atoms with Crippen molar-refractivity contribution in [2.24, 2.45) is 0 Å². The highest BCUT2D eigenvalue weighted by atomic mass is 19.1. The third-order valence-electron chi connectivity index (χ3n) is 6.90. The summed E-state index contributed by atoms with van der Waals surface area (Å²) in [5, 5.41) is 19.3. The quantitative estimate of drug-likeness (QED) is 0.691. The molecule has 5 rings (SSSR count). The number of hydrogen-bond donors (Lipinski definition) is 1. The van der Waals surface area contributed by atoms with Gasteiger partial charge < -0.3 is 14.4 Å². The van der Waals surface area contributed by atoms with Gasteiger partial charge in [-0.1, -0.05) is 0 Å². The average Bonchev–Trinajstić information content (AvgIpc) is 3.01. The summed E-state index contributed by atoms with van der Waals surface area (Å²) in [7, 11) is 3.87. The minimum absolute atomic E-state index is 0.0360. The van der Waals surface area contributed by atoms with Crippen LogP contribution < -0.4 is 10.3 Å². The lowest BCUT2D eigenvalue weighted by Crippen LogP contribution is -2.56. The molecule has 0 amide bonds. The highest BCUT2D eigenvalue weighted by molar-refractivity contribution is 5.85. The Balaban J connectivity index is 1.44. The SMILES string of the molecule is Cc1cc(=O)c2cc(O)c(-c3ccc(N(C)[C@H]4CC5CCC([C@H]4F)N5C)nn3)cc2o1. The number of rotatable bonds is 3. The Kier molecular flexibility index (Phi) is 4.69. The lowest BCUT2D eigenvalue weighted by molar-refractivity contribution is 0.0701. The number of alkyl halides is 1. The van der Waals surface area contributed by atoms with E-state index in [0.29, 0.717) is 39.8 Å². The average molecular weight is 424 g/mol. The van der Waals surface area contributed by atoms with Crippen LogP contribution in [0.25, 0.3) is 22.2 Å². The minimum atomic E-state index is -0.939. The van der Waals surface area contributed by atoms with Gasteiger partial charge >= 0.3 is 0 Å². The van der Waals surface area contributed by atoms with Crippen LogP contribution in [0.3, 0.4) is 0 Å². The molecule has 2 fully saturated rings. The molecule has 2 aliphatic heterocycles. The van der Waals surface area contributed by atoms with Gasteiger partial charge in [-0.2, -0.15) is 0 Å². The summed E-state index contributed by atoms with van der Waals surface area (Å²) >= 11 is 0. The molecule has 0 saturated carbocycles. The molecule has 8 heteroatoms. The molecule has 31 heavy (non-hydrogen) atoms. The van der Waals surface area contributed by atoms with E-state index in [1.807, 2.05) is 19.0 Å². The van der Waals surface area contributed by atoms with E-state index < -0.39 is 6.17 Å². The molecule has 1 N–H and O–H groups in total. The minimum Gasteiger partial charge on any atom is -0.507 e. The fraction of sp³-hybridized carbons (Fsp3) is 0.435. The number of aromatic hydroxyl groups is 1. The van der Waals surface area contributed by atoms with Crippen molar-refractivity contribution in [3.05, 3.63) is 46.3 Å². The summed E-state index contributed by atoms with van der Waals surface area (Å²) in [6.07, 6.45) is 1.75. The van der Waals surface area contributed by atoms with E-state index in [2.05, 4.69) is 15.1 Å². The molecule has 7 nitrogen and oxygen atoms in total. The van der Waals surface area contributed by atoms with Gasteiger partial charge in [0, 0.05) is 30.8 Å². The van der Waals surface area contributed by atoms with Crippen LogP contribution in [0.15, 0.2) is 39.5 Å². The predicted octanol–water partition coefficient (Wildman–Crippen LogP) is 3.27. The van der Waals surface area contributed by atoms with Crippen LogP contribution in [-0.4, -0.2) is 58.6 Å². The fourth-order valence-corrected chi connectivity index (χ4v) is 5.09. The second kappa shape index (κ2) is 7.30. The second-order valence-electron chi connectivity index (χ2n) is 8.69. The van der Waals surface area contributed by atoms with Crippen LogP contribution in [-0.2, 0) is 0 Å². The number of fused-ring (bicyclic) bond motifs is 3. The summed E-state index contributed by atoms with van der Waals surface area (Å²) < 4.78 is 20.8. The van der Waals surface area contributed by atoms with Crippen molar-refractivity contribution in [3.8, 4) is 17.0 Å². The first-order valence-corrected chi connectivity index (χ1v) is 10.5. The molecule has 0 radical (unpaired) electrons. The number of nitrogens with zero attached hydrogens (tertiary/aromatic N) is 4. The van der Waals surface area contributed by atoms with Crippen LogP contribution in [0.1, 0.15) is 25.0 Å². The summed E-state index contributed by atoms with van der Waals surface area (Å²) in [5.74, 6) is 1.00. The zero-order valence-corrected chi connectivity index (χ0v) is 17.7. The molecule has 2 aliphatic rings. The number of aryl methyl sites for hydroxylation is 1. The Bertz CT molecular complexity index is 1200.